The van der Waals surface area contributed by atoms with E-state index >= 15 is 0 Å². The first-order chi connectivity index (χ1) is 8.95. The van der Waals surface area contributed by atoms with E-state index in [1.165, 1.54) is 36.0 Å². The molecule has 1 aliphatic rings. The normalized spacial score (nSPS) is 15.7. The fraction of sp³-hybridized carbons (Fsp3) is 0.562. The zero-order valence-corrected chi connectivity index (χ0v) is 12.5. The van der Waals surface area contributed by atoms with Gasteiger partial charge in [0, 0.05) is 13.1 Å². The van der Waals surface area contributed by atoms with E-state index in [1.54, 1.807) is 0 Å². The number of carbonyl (C=O) groups excluding carboxylic acids is 1. The van der Waals surface area contributed by atoms with E-state index in [1.807, 2.05) is 6.92 Å². The van der Waals surface area contributed by atoms with Crippen LogP contribution in [0, 0.1) is 27.7 Å². The largest absolute Gasteiger partial charge is 0.371 e. The number of hydrogen-bond acceptors (Lipinski definition) is 2. The molecule has 0 aromatic heterocycles. The lowest BCUT2D eigenvalue weighted by Crippen LogP contribution is -2.33. The number of nitrogens with zero attached hydrogens (tertiary/aromatic N) is 1. The fourth-order valence-electron chi connectivity index (χ4n) is 3.11. The second-order valence-electron chi connectivity index (χ2n) is 5.64. The molecule has 0 atom stereocenters. The van der Waals surface area contributed by atoms with Crippen molar-refractivity contribution >= 4 is 11.6 Å². The lowest BCUT2D eigenvalue weighted by Gasteiger charge is -2.33. The number of benzene rings is 1. The van der Waals surface area contributed by atoms with Gasteiger partial charge in [-0.1, -0.05) is 0 Å². The maximum Gasteiger partial charge on any atom is 0.251 e. The molecular weight excluding hydrogens is 236 g/mol. The summed E-state index contributed by atoms with van der Waals surface area (Å²) in [4.78, 5) is 14.2. The molecule has 1 aromatic rings. The molecule has 0 unspecified atom stereocenters. The average molecular weight is 260 g/mol. The van der Waals surface area contributed by atoms with Crippen LogP contribution < -0.4 is 10.6 Å². The second kappa shape index (κ2) is 5.24. The van der Waals surface area contributed by atoms with E-state index in [2.05, 4.69) is 25.7 Å². The van der Waals surface area contributed by atoms with Crippen LogP contribution in [0.3, 0.4) is 0 Å². The van der Waals surface area contributed by atoms with Crippen LogP contribution in [0.2, 0.25) is 0 Å². The molecule has 0 saturated carbocycles. The summed E-state index contributed by atoms with van der Waals surface area (Å²) in [5.74, 6) is -0.302. The van der Waals surface area contributed by atoms with Crippen LogP contribution >= 0.6 is 0 Å². The van der Waals surface area contributed by atoms with Crippen LogP contribution in [-0.4, -0.2) is 19.0 Å². The van der Waals surface area contributed by atoms with Crippen LogP contribution in [0.15, 0.2) is 0 Å². The van der Waals surface area contributed by atoms with E-state index in [0.29, 0.717) is 0 Å². The van der Waals surface area contributed by atoms with Crippen molar-refractivity contribution in [3.8, 4) is 0 Å². The highest BCUT2D eigenvalue weighted by Crippen LogP contribution is 2.34. The monoisotopic (exact) mass is 260 g/mol. The van der Waals surface area contributed by atoms with E-state index < -0.39 is 0 Å². The van der Waals surface area contributed by atoms with Gasteiger partial charge in [0.2, 0.25) is 0 Å². The van der Waals surface area contributed by atoms with Gasteiger partial charge >= 0.3 is 0 Å². The van der Waals surface area contributed by atoms with Crippen molar-refractivity contribution in [1.82, 2.24) is 0 Å². The Hall–Kier alpha value is -1.51. The molecular formula is C16H24N2O. The Morgan fingerprint density at radius 1 is 0.895 bits per heavy atom. The Kier molecular flexibility index (Phi) is 3.83. The first-order valence-electron chi connectivity index (χ1n) is 7.10. The molecule has 1 saturated heterocycles. The molecule has 0 aliphatic carbocycles. The Morgan fingerprint density at radius 2 is 1.42 bits per heavy atom. The molecule has 19 heavy (non-hydrogen) atoms. The van der Waals surface area contributed by atoms with Crippen LogP contribution in [0.5, 0.6) is 0 Å². The minimum atomic E-state index is -0.302. The smallest absolute Gasteiger partial charge is 0.251 e. The van der Waals surface area contributed by atoms with Crippen molar-refractivity contribution in [3.63, 3.8) is 0 Å². The van der Waals surface area contributed by atoms with Gasteiger partial charge in [-0.2, -0.15) is 0 Å². The molecule has 2 N–H and O–H groups in total. The Balaban J connectivity index is 2.66. The van der Waals surface area contributed by atoms with E-state index in [4.69, 9.17) is 5.73 Å². The predicted molar refractivity (Wildman–Crippen MR) is 80.0 cm³/mol. The molecule has 1 aliphatic heterocycles. The summed E-state index contributed by atoms with van der Waals surface area (Å²) < 4.78 is 0. The number of rotatable bonds is 2. The highest BCUT2D eigenvalue weighted by Gasteiger charge is 2.23. The van der Waals surface area contributed by atoms with Crippen molar-refractivity contribution in [2.75, 3.05) is 18.0 Å². The minimum absolute atomic E-state index is 0.302. The topological polar surface area (TPSA) is 46.3 Å². The molecule has 0 radical (unpaired) electrons. The number of nitrogens with two attached hydrogens (primary N) is 1. The highest BCUT2D eigenvalue weighted by molar-refractivity contribution is 6.01. The van der Waals surface area contributed by atoms with Crippen LogP contribution in [0.1, 0.15) is 51.9 Å². The summed E-state index contributed by atoms with van der Waals surface area (Å²) in [7, 11) is 0. The first kappa shape index (κ1) is 13.9. The van der Waals surface area contributed by atoms with E-state index in [9.17, 15) is 4.79 Å². The lowest BCUT2D eigenvalue weighted by molar-refractivity contribution is 0.1000. The van der Waals surface area contributed by atoms with Crippen molar-refractivity contribution in [1.29, 1.82) is 0 Å². The minimum Gasteiger partial charge on any atom is -0.371 e. The quantitative estimate of drug-likeness (QED) is 0.888. The number of anilines is 1. The SMILES string of the molecule is Cc1c(C)c(C)c(N2CCCCC2)c(C(N)=O)c1C. The van der Waals surface area contributed by atoms with Gasteiger partial charge < -0.3 is 10.6 Å². The summed E-state index contributed by atoms with van der Waals surface area (Å²) in [6.07, 6.45) is 3.68. The Labute approximate surface area is 115 Å². The number of hydrogen-bond donors (Lipinski definition) is 1. The van der Waals surface area contributed by atoms with Gasteiger partial charge in [-0.25, -0.2) is 0 Å². The summed E-state index contributed by atoms with van der Waals surface area (Å²) in [5.41, 5.74) is 12.2. The van der Waals surface area contributed by atoms with Crippen LogP contribution in [-0.2, 0) is 0 Å². The van der Waals surface area contributed by atoms with Gasteiger partial charge in [-0.05, 0) is 69.2 Å². The van der Waals surface area contributed by atoms with Gasteiger partial charge in [-0.3, -0.25) is 4.79 Å². The maximum atomic E-state index is 11.9. The standard InChI is InChI=1S/C16H24N2O/c1-10-11(2)13(4)15(14(12(10)3)16(17)19)18-8-6-5-7-9-18/h5-9H2,1-4H3,(H2,17,19). The molecule has 1 heterocycles. The summed E-state index contributed by atoms with van der Waals surface area (Å²) >= 11 is 0. The molecule has 0 bridgehead atoms. The van der Waals surface area contributed by atoms with Gasteiger partial charge in [0.15, 0.2) is 0 Å². The molecule has 2 rings (SSSR count). The molecule has 3 heteroatoms. The van der Waals surface area contributed by atoms with E-state index in [-0.39, 0.29) is 5.91 Å². The summed E-state index contributed by atoms with van der Waals surface area (Å²) in [5, 5.41) is 0. The van der Waals surface area contributed by atoms with Crippen molar-refractivity contribution in [2.24, 2.45) is 5.73 Å². The third-order valence-corrected chi connectivity index (χ3v) is 4.57. The van der Waals surface area contributed by atoms with Crippen molar-refractivity contribution in [3.05, 3.63) is 27.8 Å². The second-order valence-corrected chi connectivity index (χ2v) is 5.64. The lowest BCUT2D eigenvalue weighted by atomic mass is 9.90. The first-order valence-corrected chi connectivity index (χ1v) is 7.10. The molecule has 0 spiro atoms. The number of carbonyl (C=O) groups is 1. The highest BCUT2D eigenvalue weighted by atomic mass is 16.1. The third kappa shape index (κ3) is 2.34. The third-order valence-electron chi connectivity index (χ3n) is 4.57. The van der Waals surface area contributed by atoms with Crippen LogP contribution in [0.4, 0.5) is 5.69 Å². The number of amides is 1. The summed E-state index contributed by atoms with van der Waals surface area (Å²) in [6, 6.07) is 0. The molecule has 3 nitrogen and oxygen atoms in total. The zero-order chi connectivity index (χ0) is 14.2. The zero-order valence-electron chi connectivity index (χ0n) is 12.5. The fourth-order valence-corrected chi connectivity index (χ4v) is 3.11. The maximum absolute atomic E-state index is 11.9. The van der Waals surface area contributed by atoms with Gasteiger partial charge in [0.05, 0.1) is 11.3 Å². The molecule has 1 aromatic carbocycles. The van der Waals surface area contributed by atoms with Gasteiger partial charge in [-0.15, -0.1) is 0 Å². The predicted octanol–water partition coefficient (Wildman–Crippen LogP) is 3.01. The number of primary amides is 1. The molecule has 1 amide bonds. The number of piperidine rings is 1. The Bertz CT molecular complexity index is 514. The molecule has 1 fully saturated rings. The van der Waals surface area contributed by atoms with Gasteiger partial charge in [0.25, 0.3) is 5.91 Å². The Morgan fingerprint density at radius 3 is 1.95 bits per heavy atom. The van der Waals surface area contributed by atoms with Crippen molar-refractivity contribution in [2.45, 2.75) is 47.0 Å². The summed E-state index contributed by atoms with van der Waals surface area (Å²) in [6.45, 7) is 10.4. The van der Waals surface area contributed by atoms with E-state index in [0.717, 1.165) is 29.9 Å². The van der Waals surface area contributed by atoms with Crippen LogP contribution in [0.25, 0.3) is 0 Å². The van der Waals surface area contributed by atoms with Gasteiger partial charge in [0.1, 0.15) is 0 Å². The average Bonchev–Trinajstić information content (AvgIpc) is 2.40. The molecule has 104 valence electrons. The van der Waals surface area contributed by atoms with Crippen molar-refractivity contribution < 1.29 is 4.79 Å².